The van der Waals surface area contributed by atoms with Crippen molar-refractivity contribution in [2.45, 2.75) is 5.75 Å². The Morgan fingerprint density at radius 2 is 2.00 bits per heavy atom. The number of nitrogens with zero attached hydrogens (tertiary/aromatic N) is 1. The summed E-state index contributed by atoms with van der Waals surface area (Å²) in [5.41, 5.74) is 0.863. The van der Waals surface area contributed by atoms with E-state index in [0.29, 0.717) is 16.3 Å². The molecule has 0 aliphatic heterocycles. The van der Waals surface area contributed by atoms with Gasteiger partial charge in [0, 0.05) is 17.2 Å². The minimum absolute atomic E-state index is 0.151. The molecule has 2 aromatic rings. The van der Waals surface area contributed by atoms with E-state index >= 15 is 0 Å². The Labute approximate surface area is 107 Å². The van der Waals surface area contributed by atoms with Gasteiger partial charge in [-0.25, -0.2) is 22.2 Å². The molecule has 0 aliphatic rings. The van der Waals surface area contributed by atoms with Crippen molar-refractivity contribution < 1.29 is 17.2 Å². The van der Waals surface area contributed by atoms with Gasteiger partial charge in [-0.15, -0.1) is 11.3 Å². The summed E-state index contributed by atoms with van der Waals surface area (Å²) >= 11 is 1.17. The van der Waals surface area contributed by atoms with Crippen LogP contribution in [0, 0.1) is 11.6 Å². The molecule has 0 amide bonds. The van der Waals surface area contributed by atoms with Crippen molar-refractivity contribution in [2.75, 3.05) is 6.26 Å². The second-order valence-electron chi connectivity index (χ2n) is 3.83. The standard InChI is InChI=1S/C11H9F2NO2S2/c1-18(15,16)6-11-14-10(5-17-11)7-2-3-8(12)9(13)4-7/h2-5H,6H2,1H3. The van der Waals surface area contributed by atoms with Crippen LogP contribution in [0.25, 0.3) is 11.3 Å². The molecule has 0 spiro atoms. The monoisotopic (exact) mass is 289 g/mol. The lowest BCUT2D eigenvalue weighted by Gasteiger charge is -1.97. The van der Waals surface area contributed by atoms with Gasteiger partial charge < -0.3 is 0 Å². The minimum Gasteiger partial charge on any atom is -0.240 e. The van der Waals surface area contributed by atoms with E-state index in [1.807, 2.05) is 0 Å². The smallest absolute Gasteiger partial charge is 0.159 e. The molecule has 0 N–H and O–H groups in total. The zero-order valence-electron chi connectivity index (χ0n) is 9.35. The van der Waals surface area contributed by atoms with E-state index in [4.69, 9.17) is 0 Å². The maximum Gasteiger partial charge on any atom is 0.159 e. The second-order valence-corrected chi connectivity index (χ2v) is 6.91. The number of sulfone groups is 1. The van der Waals surface area contributed by atoms with Crippen molar-refractivity contribution >= 4 is 21.2 Å². The van der Waals surface area contributed by atoms with Gasteiger partial charge in [-0.3, -0.25) is 0 Å². The van der Waals surface area contributed by atoms with E-state index in [0.717, 1.165) is 18.4 Å². The molecule has 1 aromatic carbocycles. The Balaban J connectivity index is 2.32. The van der Waals surface area contributed by atoms with E-state index < -0.39 is 21.5 Å². The van der Waals surface area contributed by atoms with Crippen molar-refractivity contribution in [1.82, 2.24) is 4.98 Å². The number of aromatic nitrogens is 1. The van der Waals surface area contributed by atoms with Crippen LogP contribution in [-0.4, -0.2) is 19.7 Å². The Kier molecular flexibility index (Phi) is 3.45. The van der Waals surface area contributed by atoms with E-state index in [-0.39, 0.29) is 5.75 Å². The van der Waals surface area contributed by atoms with Crippen LogP contribution < -0.4 is 0 Å². The largest absolute Gasteiger partial charge is 0.240 e. The van der Waals surface area contributed by atoms with Crippen molar-refractivity contribution in [3.05, 3.63) is 40.2 Å². The zero-order chi connectivity index (χ0) is 13.3. The molecule has 0 aliphatic carbocycles. The van der Waals surface area contributed by atoms with Gasteiger partial charge in [-0.1, -0.05) is 0 Å². The third-order valence-electron chi connectivity index (χ3n) is 2.15. The highest BCUT2D eigenvalue weighted by Gasteiger charge is 2.11. The number of rotatable bonds is 3. The summed E-state index contributed by atoms with van der Waals surface area (Å²) in [4.78, 5) is 4.09. The molecule has 3 nitrogen and oxygen atoms in total. The molecule has 0 fully saturated rings. The maximum absolute atomic E-state index is 13.0. The summed E-state index contributed by atoms with van der Waals surface area (Å²) in [6.45, 7) is 0. The number of halogens is 2. The second kappa shape index (κ2) is 4.74. The summed E-state index contributed by atoms with van der Waals surface area (Å²) in [6.07, 6.45) is 1.12. The zero-order valence-corrected chi connectivity index (χ0v) is 11.0. The first-order valence-electron chi connectivity index (χ1n) is 4.93. The fourth-order valence-corrected chi connectivity index (χ4v) is 3.40. The molecular weight excluding hydrogens is 280 g/mol. The lowest BCUT2D eigenvalue weighted by Crippen LogP contribution is -1.99. The van der Waals surface area contributed by atoms with Gasteiger partial charge in [-0.05, 0) is 18.2 Å². The summed E-state index contributed by atoms with van der Waals surface area (Å²) in [5, 5.41) is 2.05. The van der Waals surface area contributed by atoms with Crippen molar-refractivity contribution in [1.29, 1.82) is 0 Å². The Morgan fingerprint density at radius 3 is 2.61 bits per heavy atom. The average Bonchev–Trinajstić information content (AvgIpc) is 2.68. The predicted molar refractivity (Wildman–Crippen MR) is 66.0 cm³/mol. The summed E-state index contributed by atoms with van der Waals surface area (Å²) < 4.78 is 48.0. The van der Waals surface area contributed by atoms with Crippen LogP contribution in [0.5, 0.6) is 0 Å². The van der Waals surface area contributed by atoms with Crippen LogP contribution in [0.1, 0.15) is 5.01 Å². The summed E-state index contributed by atoms with van der Waals surface area (Å²) in [5.74, 6) is -2.03. The summed E-state index contributed by atoms with van der Waals surface area (Å²) in [7, 11) is -3.15. The molecule has 96 valence electrons. The highest BCUT2D eigenvalue weighted by Crippen LogP contribution is 2.24. The van der Waals surface area contributed by atoms with Gasteiger partial charge in [0.2, 0.25) is 0 Å². The van der Waals surface area contributed by atoms with Crippen molar-refractivity contribution in [2.24, 2.45) is 0 Å². The van der Waals surface area contributed by atoms with E-state index in [1.54, 1.807) is 5.38 Å². The van der Waals surface area contributed by atoms with Gasteiger partial charge >= 0.3 is 0 Å². The number of hydrogen-bond donors (Lipinski definition) is 0. The molecule has 0 saturated carbocycles. The Bertz CT molecular complexity index is 680. The van der Waals surface area contributed by atoms with Crippen LogP contribution in [-0.2, 0) is 15.6 Å². The fraction of sp³-hybridized carbons (Fsp3) is 0.182. The third-order valence-corrected chi connectivity index (χ3v) is 3.98. The van der Waals surface area contributed by atoms with Crippen LogP contribution in [0.4, 0.5) is 8.78 Å². The van der Waals surface area contributed by atoms with E-state index in [9.17, 15) is 17.2 Å². The van der Waals surface area contributed by atoms with Gasteiger partial charge in [0.25, 0.3) is 0 Å². The first-order chi connectivity index (χ1) is 8.35. The molecule has 0 bridgehead atoms. The molecule has 1 heterocycles. The van der Waals surface area contributed by atoms with Crippen LogP contribution >= 0.6 is 11.3 Å². The lowest BCUT2D eigenvalue weighted by atomic mass is 10.2. The van der Waals surface area contributed by atoms with Gasteiger partial charge in [-0.2, -0.15) is 0 Å². The molecular formula is C11H9F2NO2S2. The van der Waals surface area contributed by atoms with Gasteiger partial charge in [0.05, 0.1) is 5.69 Å². The number of thiazole rings is 1. The maximum atomic E-state index is 13.0. The molecule has 7 heteroatoms. The number of benzene rings is 1. The number of hydrogen-bond acceptors (Lipinski definition) is 4. The van der Waals surface area contributed by atoms with Crippen LogP contribution in [0.2, 0.25) is 0 Å². The van der Waals surface area contributed by atoms with Crippen LogP contribution in [0.3, 0.4) is 0 Å². The predicted octanol–water partition coefficient (Wildman–Crippen LogP) is 2.63. The van der Waals surface area contributed by atoms with Gasteiger partial charge in [0.15, 0.2) is 21.5 Å². The normalized spacial score (nSPS) is 11.7. The van der Waals surface area contributed by atoms with E-state index in [1.165, 1.54) is 17.4 Å². The molecule has 0 saturated heterocycles. The third kappa shape index (κ3) is 3.11. The summed E-state index contributed by atoms with van der Waals surface area (Å²) in [6, 6.07) is 3.45. The molecule has 0 unspecified atom stereocenters. The molecule has 2 rings (SSSR count). The Hall–Kier alpha value is -1.34. The SMILES string of the molecule is CS(=O)(=O)Cc1nc(-c2ccc(F)c(F)c2)cs1. The van der Waals surface area contributed by atoms with Crippen LogP contribution in [0.15, 0.2) is 23.6 Å². The van der Waals surface area contributed by atoms with E-state index in [2.05, 4.69) is 4.98 Å². The molecule has 0 atom stereocenters. The molecule has 18 heavy (non-hydrogen) atoms. The highest BCUT2D eigenvalue weighted by molar-refractivity contribution is 7.90. The fourth-order valence-electron chi connectivity index (χ4n) is 1.39. The molecule has 1 aromatic heterocycles. The topological polar surface area (TPSA) is 47.0 Å². The molecule has 0 radical (unpaired) electrons. The first kappa shape index (κ1) is 13.1. The minimum atomic E-state index is -3.15. The van der Waals surface area contributed by atoms with Crippen molar-refractivity contribution in [3.63, 3.8) is 0 Å². The average molecular weight is 289 g/mol. The Morgan fingerprint density at radius 1 is 1.28 bits per heavy atom. The van der Waals surface area contributed by atoms with Gasteiger partial charge in [0.1, 0.15) is 10.8 Å². The van der Waals surface area contributed by atoms with Crippen molar-refractivity contribution in [3.8, 4) is 11.3 Å². The lowest BCUT2D eigenvalue weighted by molar-refractivity contribution is 0.509. The highest BCUT2D eigenvalue weighted by atomic mass is 32.2. The first-order valence-corrected chi connectivity index (χ1v) is 7.87. The quantitative estimate of drug-likeness (QED) is 0.872.